The van der Waals surface area contributed by atoms with Gasteiger partial charge in [0.2, 0.25) is 0 Å². The molecule has 0 aliphatic carbocycles. The minimum absolute atomic E-state index is 0.292. The summed E-state index contributed by atoms with van der Waals surface area (Å²) in [6, 6.07) is 15.7. The normalized spacial score (nSPS) is 11.9. The number of hydrogen-bond acceptors (Lipinski definition) is 5. The van der Waals surface area contributed by atoms with E-state index in [0.29, 0.717) is 22.2 Å². The first-order valence-electron chi connectivity index (χ1n) is 9.54. The Morgan fingerprint density at radius 3 is 2.37 bits per heavy atom. The molecule has 1 aromatic heterocycles. The molecule has 0 bridgehead atoms. The summed E-state index contributed by atoms with van der Waals surface area (Å²) in [5.74, 6) is -1.80. The lowest BCUT2D eigenvalue weighted by Gasteiger charge is -2.20. The number of ether oxygens (including phenoxy) is 1. The van der Waals surface area contributed by atoms with Crippen molar-refractivity contribution in [1.82, 2.24) is 10.3 Å². The number of aryl methyl sites for hydroxylation is 1. The zero-order valence-electron chi connectivity index (χ0n) is 17.0. The largest absolute Gasteiger partial charge is 0.448 e. The number of nitrogens with two attached hydrogens (primary N) is 1. The maximum Gasteiger partial charge on any atom is 0.339 e. The van der Waals surface area contributed by atoms with E-state index in [1.165, 1.54) is 0 Å². The fraction of sp³-hybridized carbons (Fsp3) is 0.217. The van der Waals surface area contributed by atoms with Crippen molar-refractivity contribution >= 4 is 28.8 Å². The van der Waals surface area contributed by atoms with Crippen LogP contribution in [0.1, 0.15) is 29.8 Å². The number of rotatable bonds is 5. The minimum Gasteiger partial charge on any atom is -0.448 e. The Morgan fingerprint density at radius 1 is 1.03 bits per heavy atom. The lowest BCUT2D eigenvalue weighted by molar-refractivity contribution is -0.130. The second-order valence-corrected chi connectivity index (χ2v) is 7.37. The molecule has 30 heavy (non-hydrogen) atoms. The molecule has 0 unspecified atom stereocenters. The van der Waals surface area contributed by atoms with Gasteiger partial charge in [-0.15, -0.1) is 0 Å². The molecule has 0 fully saturated rings. The number of fused-ring (bicyclic) bond motifs is 1. The molecule has 3 aromatic rings. The van der Waals surface area contributed by atoms with E-state index in [1.54, 1.807) is 19.9 Å². The van der Waals surface area contributed by atoms with Gasteiger partial charge < -0.3 is 10.5 Å². The molecular formula is C23H23N3O4. The molecule has 154 valence electrons. The maximum atomic E-state index is 13.1. The topological polar surface area (TPSA) is 111 Å². The molecule has 0 radical (unpaired) electrons. The number of carbonyl (C=O) groups is 3. The van der Waals surface area contributed by atoms with Crippen molar-refractivity contribution in [3.8, 4) is 11.3 Å². The van der Waals surface area contributed by atoms with Crippen LogP contribution in [0.25, 0.3) is 22.2 Å². The maximum absolute atomic E-state index is 13.1. The standard InChI is InChI=1S/C23H23N3O4/c1-13(2)20(21(27)26-23(24)29)30-22(28)17-12-19(15-7-5-4-6-8-15)25-18-10-9-14(3)11-16(17)18/h4-13,20H,1-3H3,(H3,24,26,27,29)/t20-/m1/s1. The van der Waals surface area contributed by atoms with Crippen LogP contribution in [0.2, 0.25) is 0 Å². The summed E-state index contributed by atoms with van der Waals surface area (Å²) >= 11 is 0. The second kappa shape index (κ2) is 8.73. The number of primary amides is 1. The van der Waals surface area contributed by atoms with Crippen LogP contribution in [0.5, 0.6) is 0 Å². The Bertz CT molecular complexity index is 1110. The van der Waals surface area contributed by atoms with E-state index >= 15 is 0 Å². The molecule has 0 spiro atoms. The van der Waals surface area contributed by atoms with Crippen molar-refractivity contribution < 1.29 is 19.1 Å². The minimum atomic E-state index is -1.17. The molecule has 1 heterocycles. The highest BCUT2D eigenvalue weighted by Crippen LogP contribution is 2.27. The quantitative estimate of drug-likeness (QED) is 0.630. The highest BCUT2D eigenvalue weighted by molar-refractivity contribution is 6.06. The van der Waals surface area contributed by atoms with Crippen molar-refractivity contribution in [2.75, 3.05) is 0 Å². The van der Waals surface area contributed by atoms with Gasteiger partial charge in [-0.05, 0) is 31.0 Å². The number of aromatic nitrogens is 1. The zero-order chi connectivity index (χ0) is 21.8. The fourth-order valence-electron chi connectivity index (χ4n) is 3.13. The van der Waals surface area contributed by atoms with Crippen LogP contribution in [0.4, 0.5) is 4.79 Å². The van der Waals surface area contributed by atoms with E-state index in [2.05, 4.69) is 4.98 Å². The average molecular weight is 405 g/mol. The summed E-state index contributed by atoms with van der Waals surface area (Å²) in [6.45, 7) is 5.34. The van der Waals surface area contributed by atoms with Gasteiger partial charge in [-0.2, -0.15) is 0 Å². The summed E-state index contributed by atoms with van der Waals surface area (Å²) in [6.07, 6.45) is -1.17. The molecular weight excluding hydrogens is 382 g/mol. The van der Waals surface area contributed by atoms with E-state index in [4.69, 9.17) is 10.5 Å². The van der Waals surface area contributed by atoms with Gasteiger partial charge in [0, 0.05) is 10.9 Å². The van der Waals surface area contributed by atoms with Crippen molar-refractivity contribution in [2.45, 2.75) is 26.9 Å². The summed E-state index contributed by atoms with van der Waals surface area (Å²) < 4.78 is 5.51. The number of amides is 3. The Kier molecular flexibility index (Phi) is 6.11. The van der Waals surface area contributed by atoms with Crippen LogP contribution in [-0.4, -0.2) is 29.0 Å². The van der Waals surface area contributed by atoms with Gasteiger partial charge in [0.05, 0.1) is 16.8 Å². The van der Waals surface area contributed by atoms with Crippen LogP contribution in [0.3, 0.4) is 0 Å². The van der Waals surface area contributed by atoms with Gasteiger partial charge in [-0.25, -0.2) is 14.6 Å². The van der Waals surface area contributed by atoms with Crippen molar-refractivity contribution in [3.63, 3.8) is 0 Å². The van der Waals surface area contributed by atoms with E-state index in [-0.39, 0.29) is 5.92 Å². The third-order valence-corrected chi connectivity index (χ3v) is 4.60. The average Bonchev–Trinajstić information content (AvgIpc) is 2.70. The molecule has 3 rings (SSSR count). The number of imide groups is 1. The Hall–Kier alpha value is -3.74. The first-order chi connectivity index (χ1) is 14.3. The number of benzene rings is 2. The summed E-state index contributed by atoms with van der Waals surface area (Å²) in [5.41, 5.74) is 8.37. The Balaban J connectivity index is 2.06. The number of carbonyl (C=O) groups excluding carboxylic acids is 3. The lowest BCUT2D eigenvalue weighted by Crippen LogP contribution is -2.45. The molecule has 3 N–H and O–H groups in total. The molecule has 0 saturated carbocycles. The van der Waals surface area contributed by atoms with Gasteiger partial charge in [-0.1, -0.05) is 55.8 Å². The fourth-order valence-corrected chi connectivity index (χ4v) is 3.13. The van der Waals surface area contributed by atoms with Crippen molar-refractivity contribution in [3.05, 3.63) is 65.7 Å². The van der Waals surface area contributed by atoms with Crippen LogP contribution < -0.4 is 11.1 Å². The van der Waals surface area contributed by atoms with Crippen LogP contribution in [0.15, 0.2) is 54.6 Å². The molecule has 0 saturated heterocycles. The first-order valence-corrected chi connectivity index (χ1v) is 9.54. The predicted molar refractivity (Wildman–Crippen MR) is 114 cm³/mol. The third kappa shape index (κ3) is 4.63. The highest BCUT2D eigenvalue weighted by Gasteiger charge is 2.29. The van der Waals surface area contributed by atoms with Crippen molar-refractivity contribution in [1.29, 1.82) is 0 Å². The Morgan fingerprint density at radius 2 is 1.73 bits per heavy atom. The summed E-state index contributed by atoms with van der Waals surface area (Å²) in [5, 5.41) is 2.60. The molecule has 7 nitrogen and oxygen atoms in total. The van der Waals surface area contributed by atoms with E-state index in [1.807, 2.05) is 60.8 Å². The monoisotopic (exact) mass is 405 g/mol. The number of nitrogens with zero attached hydrogens (tertiary/aromatic N) is 1. The number of hydrogen-bond donors (Lipinski definition) is 2. The molecule has 0 aliphatic heterocycles. The third-order valence-electron chi connectivity index (χ3n) is 4.60. The summed E-state index contributed by atoms with van der Waals surface area (Å²) in [7, 11) is 0. The van der Waals surface area contributed by atoms with E-state index in [9.17, 15) is 14.4 Å². The zero-order valence-corrected chi connectivity index (χ0v) is 17.0. The Labute approximate surface area is 174 Å². The molecule has 1 atom stereocenters. The second-order valence-electron chi connectivity index (χ2n) is 7.37. The van der Waals surface area contributed by atoms with Crippen molar-refractivity contribution in [2.24, 2.45) is 11.7 Å². The van der Waals surface area contributed by atoms with Crippen LogP contribution >= 0.6 is 0 Å². The SMILES string of the molecule is Cc1ccc2nc(-c3ccccc3)cc(C(=O)O[C@@H](C(=O)NC(N)=O)C(C)C)c2c1. The van der Waals surface area contributed by atoms with E-state index in [0.717, 1.165) is 11.1 Å². The van der Waals surface area contributed by atoms with Crippen LogP contribution in [0, 0.1) is 12.8 Å². The molecule has 0 aliphatic rings. The van der Waals surface area contributed by atoms with Gasteiger partial charge in [-0.3, -0.25) is 10.1 Å². The predicted octanol–water partition coefficient (Wildman–Crippen LogP) is 3.59. The smallest absolute Gasteiger partial charge is 0.339 e. The molecule has 7 heteroatoms. The number of urea groups is 1. The first kappa shape index (κ1) is 21.0. The van der Waals surface area contributed by atoms with Gasteiger partial charge >= 0.3 is 12.0 Å². The highest BCUT2D eigenvalue weighted by atomic mass is 16.5. The molecule has 3 amide bonds. The van der Waals surface area contributed by atoms with E-state index < -0.39 is 24.0 Å². The number of esters is 1. The number of nitrogens with one attached hydrogen (secondary N) is 1. The van der Waals surface area contributed by atoms with Crippen LogP contribution in [-0.2, 0) is 9.53 Å². The lowest BCUT2D eigenvalue weighted by atomic mass is 10.0. The number of pyridine rings is 1. The summed E-state index contributed by atoms with van der Waals surface area (Å²) in [4.78, 5) is 41.1. The van der Waals surface area contributed by atoms with Gasteiger partial charge in [0.25, 0.3) is 5.91 Å². The molecule has 2 aromatic carbocycles. The van der Waals surface area contributed by atoms with Gasteiger partial charge in [0.1, 0.15) is 0 Å². The van der Waals surface area contributed by atoms with Gasteiger partial charge in [0.15, 0.2) is 6.10 Å².